The van der Waals surface area contributed by atoms with Crippen molar-refractivity contribution in [2.75, 3.05) is 33.4 Å². The van der Waals surface area contributed by atoms with E-state index < -0.39 is 0 Å². The molecule has 3 rings (SSSR count). The number of unbranched alkanes of at least 4 members (excludes halogenated alkanes) is 1. The van der Waals surface area contributed by atoms with Gasteiger partial charge in [0.15, 0.2) is 18.1 Å². The molecule has 1 amide bonds. The molecule has 0 radical (unpaired) electrons. The maximum absolute atomic E-state index is 12.2. The first-order valence-electron chi connectivity index (χ1n) is 11.0. The van der Waals surface area contributed by atoms with Crippen molar-refractivity contribution in [1.82, 2.24) is 20.2 Å². The smallest absolute Gasteiger partial charge is 0.257 e. The fraction of sp³-hybridized carbons (Fsp3) is 0.565. The van der Waals surface area contributed by atoms with E-state index in [4.69, 9.17) is 9.47 Å². The summed E-state index contributed by atoms with van der Waals surface area (Å²) in [6, 6.07) is 7.35. The highest BCUT2D eigenvalue weighted by molar-refractivity contribution is 5.77. The molecule has 0 spiro atoms. The molecule has 2 heterocycles. The highest BCUT2D eigenvalue weighted by Crippen LogP contribution is 2.25. The third-order valence-electron chi connectivity index (χ3n) is 5.46. The van der Waals surface area contributed by atoms with Crippen LogP contribution in [0.3, 0.4) is 0 Å². The summed E-state index contributed by atoms with van der Waals surface area (Å²) in [5.74, 6) is 2.65. The van der Waals surface area contributed by atoms with Crippen LogP contribution < -0.4 is 14.8 Å². The molecule has 1 aromatic carbocycles. The minimum Gasteiger partial charge on any atom is -0.493 e. The van der Waals surface area contributed by atoms with Crippen molar-refractivity contribution in [2.24, 2.45) is 5.92 Å². The number of piperidine rings is 1. The third-order valence-corrected chi connectivity index (χ3v) is 5.46. The van der Waals surface area contributed by atoms with E-state index in [0.29, 0.717) is 24.0 Å². The number of aromatic nitrogens is 2. The molecule has 7 nitrogen and oxygen atoms in total. The summed E-state index contributed by atoms with van der Waals surface area (Å²) in [6.45, 7) is 5.82. The number of aryl methyl sites for hydroxylation is 1. The monoisotopic (exact) mass is 414 g/mol. The minimum atomic E-state index is -0.104. The van der Waals surface area contributed by atoms with Crippen molar-refractivity contribution in [2.45, 2.75) is 45.6 Å². The Kier molecular flexibility index (Phi) is 8.56. The fourth-order valence-electron chi connectivity index (χ4n) is 3.85. The SMILES string of the molecule is CCCCc1ncc(CN2CCC[C@@H](CNC(=O)COc3ccccc3OC)C2)[nH]1. The number of aromatic amines is 1. The molecule has 30 heavy (non-hydrogen) atoms. The number of methoxy groups -OCH3 is 1. The van der Waals surface area contributed by atoms with Crippen molar-refractivity contribution in [3.8, 4) is 11.5 Å². The van der Waals surface area contributed by atoms with Crippen molar-refractivity contribution in [1.29, 1.82) is 0 Å². The van der Waals surface area contributed by atoms with Gasteiger partial charge >= 0.3 is 0 Å². The topological polar surface area (TPSA) is 79.5 Å². The number of nitrogens with zero attached hydrogens (tertiary/aromatic N) is 2. The largest absolute Gasteiger partial charge is 0.493 e. The first-order chi connectivity index (χ1) is 14.7. The molecule has 1 fully saturated rings. The van der Waals surface area contributed by atoms with Crippen LogP contribution in [-0.2, 0) is 17.8 Å². The lowest BCUT2D eigenvalue weighted by atomic mass is 9.98. The number of ether oxygens (including phenoxy) is 2. The van der Waals surface area contributed by atoms with Gasteiger partial charge in [-0.1, -0.05) is 25.5 Å². The summed E-state index contributed by atoms with van der Waals surface area (Å²) in [5.41, 5.74) is 1.18. The minimum absolute atomic E-state index is 0.00844. The second-order valence-corrected chi connectivity index (χ2v) is 7.95. The Morgan fingerprint density at radius 1 is 1.33 bits per heavy atom. The van der Waals surface area contributed by atoms with E-state index in [1.165, 1.54) is 18.5 Å². The Labute approximate surface area is 179 Å². The van der Waals surface area contributed by atoms with Crippen molar-refractivity contribution in [3.63, 3.8) is 0 Å². The van der Waals surface area contributed by atoms with Gasteiger partial charge in [-0.3, -0.25) is 9.69 Å². The van der Waals surface area contributed by atoms with Crippen LogP contribution in [0.4, 0.5) is 0 Å². The zero-order chi connectivity index (χ0) is 21.2. The van der Waals surface area contributed by atoms with Crippen molar-refractivity contribution < 1.29 is 14.3 Å². The van der Waals surface area contributed by atoms with Crippen LogP contribution in [-0.4, -0.2) is 54.1 Å². The van der Waals surface area contributed by atoms with Gasteiger partial charge in [-0.05, 0) is 43.9 Å². The highest BCUT2D eigenvalue weighted by atomic mass is 16.5. The zero-order valence-corrected chi connectivity index (χ0v) is 18.2. The molecule has 164 valence electrons. The molecule has 7 heteroatoms. The average molecular weight is 415 g/mol. The van der Waals surface area contributed by atoms with Crippen LogP contribution in [0, 0.1) is 5.92 Å². The van der Waals surface area contributed by atoms with Crippen LogP contribution in [0.1, 0.15) is 44.1 Å². The number of carbonyl (C=O) groups is 1. The van der Waals surface area contributed by atoms with Gasteiger partial charge in [0, 0.05) is 37.9 Å². The van der Waals surface area contributed by atoms with Crippen molar-refractivity contribution >= 4 is 5.91 Å². The Morgan fingerprint density at radius 3 is 2.97 bits per heavy atom. The van der Waals surface area contributed by atoms with E-state index in [1.807, 2.05) is 24.4 Å². The number of amides is 1. The van der Waals surface area contributed by atoms with Gasteiger partial charge in [0.25, 0.3) is 5.91 Å². The zero-order valence-electron chi connectivity index (χ0n) is 18.2. The molecule has 0 aliphatic carbocycles. The predicted molar refractivity (Wildman–Crippen MR) is 117 cm³/mol. The van der Waals surface area contributed by atoms with Crippen LogP contribution in [0.2, 0.25) is 0 Å². The lowest BCUT2D eigenvalue weighted by Crippen LogP contribution is -2.41. The molecule has 0 unspecified atom stereocenters. The first kappa shape index (κ1) is 22.2. The summed E-state index contributed by atoms with van der Waals surface area (Å²) >= 11 is 0. The van der Waals surface area contributed by atoms with E-state index in [0.717, 1.165) is 44.7 Å². The van der Waals surface area contributed by atoms with E-state index in [9.17, 15) is 4.79 Å². The number of H-pyrrole nitrogens is 1. The number of nitrogens with one attached hydrogen (secondary N) is 2. The van der Waals surface area contributed by atoms with Gasteiger partial charge in [0.2, 0.25) is 0 Å². The molecule has 1 aliphatic heterocycles. The summed E-state index contributed by atoms with van der Waals surface area (Å²) in [4.78, 5) is 22.6. The molecular formula is C23H34N4O3. The quantitative estimate of drug-likeness (QED) is 0.590. The van der Waals surface area contributed by atoms with E-state index in [-0.39, 0.29) is 12.5 Å². The molecule has 1 saturated heterocycles. The summed E-state index contributed by atoms with van der Waals surface area (Å²) in [6.07, 6.45) is 7.61. The molecule has 0 saturated carbocycles. The Hall–Kier alpha value is -2.54. The van der Waals surface area contributed by atoms with Gasteiger partial charge in [0.1, 0.15) is 5.82 Å². The highest BCUT2D eigenvalue weighted by Gasteiger charge is 2.21. The summed E-state index contributed by atoms with van der Waals surface area (Å²) < 4.78 is 10.8. The molecule has 2 aromatic rings. The van der Waals surface area contributed by atoms with E-state index in [2.05, 4.69) is 27.1 Å². The number of rotatable bonds is 11. The number of para-hydroxylation sites is 2. The first-order valence-corrected chi connectivity index (χ1v) is 11.0. The number of hydrogen-bond acceptors (Lipinski definition) is 5. The van der Waals surface area contributed by atoms with Gasteiger partial charge < -0.3 is 19.8 Å². The van der Waals surface area contributed by atoms with Gasteiger partial charge in [-0.2, -0.15) is 0 Å². The molecule has 0 bridgehead atoms. The third kappa shape index (κ3) is 6.76. The summed E-state index contributed by atoms with van der Waals surface area (Å²) in [7, 11) is 1.59. The lowest BCUT2D eigenvalue weighted by Gasteiger charge is -2.32. The maximum Gasteiger partial charge on any atom is 0.257 e. The Morgan fingerprint density at radius 2 is 2.17 bits per heavy atom. The molecular weight excluding hydrogens is 380 g/mol. The molecule has 1 atom stereocenters. The number of carbonyl (C=O) groups excluding carboxylic acids is 1. The van der Waals surface area contributed by atoms with Crippen molar-refractivity contribution in [3.05, 3.63) is 42.0 Å². The lowest BCUT2D eigenvalue weighted by molar-refractivity contribution is -0.123. The second-order valence-electron chi connectivity index (χ2n) is 7.95. The van der Waals surface area contributed by atoms with E-state index >= 15 is 0 Å². The van der Waals surface area contributed by atoms with Gasteiger partial charge in [0.05, 0.1) is 7.11 Å². The maximum atomic E-state index is 12.2. The Bertz CT molecular complexity index is 792. The number of imidazole rings is 1. The standard InChI is InChI=1S/C23H34N4O3/c1-3-4-11-22-24-14-19(26-22)16-27-12-7-8-18(15-27)13-25-23(28)17-30-21-10-6-5-9-20(21)29-2/h5-6,9-10,14,18H,3-4,7-8,11-13,15-17H2,1-2H3,(H,24,26)(H,25,28)/t18-/m0/s1. The number of benzene rings is 1. The van der Waals surface area contributed by atoms with E-state index in [1.54, 1.807) is 13.2 Å². The molecule has 2 N–H and O–H groups in total. The average Bonchev–Trinajstić information content (AvgIpc) is 3.22. The fourth-order valence-corrected chi connectivity index (χ4v) is 3.85. The van der Waals surface area contributed by atoms with Crippen LogP contribution in [0.15, 0.2) is 30.5 Å². The van der Waals surface area contributed by atoms with Crippen LogP contribution >= 0.6 is 0 Å². The second kappa shape index (κ2) is 11.6. The van der Waals surface area contributed by atoms with Gasteiger partial charge in [-0.15, -0.1) is 0 Å². The molecule has 1 aliphatic rings. The predicted octanol–water partition coefficient (Wildman–Crippen LogP) is 3.17. The molecule has 1 aromatic heterocycles. The van der Waals surface area contributed by atoms with Crippen LogP contribution in [0.25, 0.3) is 0 Å². The van der Waals surface area contributed by atoms with Crippen LogP contribution in [0.5, 0.6) is 11.5 Å². The normalized spacial score (nSPS) is 16.9. The Balaban J connectivity index is 1.39. The number of likely N-dealkylation sites (tertiary alicyclic amines) is 1. The number of hydrogen-bond donors (Lipinski definition) is 2. The van der Waals surface area contributed by atoms with Gasteiger partial charge in [-0.25, -0.2) is 4.98 Å². The summed E-state index contributed by atoms with van der Waals surface area (Å²) in [5, 5.41) is 3.02.